The van der Waals surface area contributed by atoms with Crippen LogP contribution in [0.25, 0.3) is 5.76 Å². The van der Waals surface area contributed by atoms with Crippen LogP contribution in [0.15, 0.2) is 48.0 Å². The van der Waals surface area contributed by atoms with E-state index in [1.807, 2.05) is 38.1 Å². The van der Waals surface area contributed by atoms with Crippen LogP contribution >= 0.6 is 0 Å². The van der Waals surface area contributed by atoms with Crippen molar-refractivity contribution in [1.29, 1.82) is 0 Å². The van der Waals surface area contributed by atoms with Gasteiger partial charge in [-0.3, -0.25) is 9.59 Å². The van der Waals surface area contributed by atoms with Crippen molar-refractivity contribution in [3.63, 3.8) is 0 Å². The minimum absolute atomic E-state index is 0.0485. The Labute approximate surface area is 199 Å². The largest absolute Gasteiger partial charge is 0.507 e. The van der Waals surface area contributed by atoms with E-state index in [2.05, 4.69) is 0 Å². The van der Waals surface area contributed by atoms with Crippen LogP contribution in [0, 0.1) is 0 Å². The number of aliphatic hydroxyl groups excluding tert-OH is 1. The summed E-state index contributed by atoms with van der Waals surface area (Å²) in [6.07, 6.45) is 1.58. The number of carbonyl (C=O) groups is 2. The molecule has 4 rings (SSSR count). The molecule has 0 radical (unpaired) electrons. The zero-order chi connectivity index (χ0) is 24.4. The van der Waals surface area contributed by atoms with Crippen LogP contribution in [0.1, 0.15) is 55.3 Å². The number of amides is 1. The number of para-hydroxylation sites is 1. The maximum Gasteiger partial charge on any atom is 0.295 e. The van der Waals surface area contributed by atoms with Crippen molar-refractivity contribution in [3.05, 3.63) is 64.7 Å². The van der Waals surface area contributed by atoms with Gasteiger partial charge in [-0.05, 0) is 48.6 Å². The average Bonchev–Trinajstić information content (AvgIpc) is 3.45. The molecule has 1 N–H and O–H groups in total. The van der Waals surface area contributed by atoms with Gasteiger partial charge in [0, 0.05) is 24.3 Å². The summed E-state index contributed by atoms with van der Waals surface area (Å²) >= 11 is 0. The predicted molar refractivity (Wildman–Crippen MR) is 128 cm³/mol. The second kappa shape index (κ2) is 9.89. The van der Waals surface area contributed by atoms with Crippen molar-refractivity contribution >= 4 is 17.4 Å². The van der Waals surface area contributed by atoms with Crippen LogP contribution in [0.2, 0.25) is 0 Å². The third-order valence-electron chi connectivity index (χ3n) is 6.52. The van der Waals surface area contributed by atoms with Crippen LogP contribution in [-0.4, -0.2) is 55.2 Å². The number of hydrogen-bond acceptors (Lipinski definition) is 6. The molecule has 2 unspecified atom stereocenters. The number of aliphatic hydroxyl groups is 1. The molecule has 2 atom stereocenters. The van der Waals surface area contributed by atoms with Gasteiger partial charge in [0.05, 0.1) is 31.9 Å². The molecule has 2 saturated heterocycles. The number of ketones is 1. The van der Waals surface area contributed by atoms with Crippen molar-refractivity contribution in [2.24, 2.45) is 0 Å². The minimum Gasteiger partial charge on any atom is -0.507 e. The number of methoxy groups -OCH3 is 2. The van der Waals surface area contributed by atoms with Gasteiger partial charge in [-0.25, -0.2) is 0 Å². The number of rotatable bonds is 7. The number of ether oxygens (including phenoxy) is 3. The Balaban J connectivity index is 1.88. The minimum atomic E-state index is -0.787. The van der Waals surface area contributed by atoms with Gasteiger partial charge < -0.3 is 24.2 Å². The lowest BCUT2D eigenvalue weighted by atomic mass is 9.92. The number of carbonyl (C=O) groups excluding carboxylic acids is 2. The van der Waals surface area contributed by atoms with Crippen molar-refractivity contribution in [3.8, 4) is 11.5 Å². The van der Waals surface area contributed by atoms with E-state index in [9.17, 15) is 14.7 Å². The third-order valence-corrected chi connectivity index (χ3v) is 6.52. The standard InChI is InChI=1S/C27H31NO6/c1-16(2)20-14-17(11-12-22(20)33-4)25(29)23-24(19-9-5-6-10-21(19)32-3)28(27(31)26(23)30)15-18-8-7-13-34-18/h5-6,9-12,14,16,18,24,29H,7-8,13,15H2,1-4H3/b25-23+. The molecule has 2 heterocycles. The van der Waals surface area contributed by atoms with Gasteiger partial charge in [-0.1, -0.05) is 32.0 Å². The number of likely N-dealkylation sites (tertiary alicyclic amines) is 1. The van der Waals surface area contributed by atoms with E-state index in [1.165, 1.54) is 4.90 Å². The second-order valence-corrected chi connectivity index (χ2v) is 8.94. The number of Topliss-reactive ketones (excluding diaryl/α,β-unsaturated/α-hetero) is 1. The zero-order valence-corrected chi connectivity index (χ0v) is 20.0. The highest BCUT2D eigenvalue weighted by molar-refractivity contribution is 6.46. The van der Waals surface area contributed by atoms with Gasteiger partial charge in [0.2, 0.25) is 0 Å². The normalized spacial score (nSPS) is 22.0. The zero-order valence-electron chi connectivity index (χ0n) is 20.0. The summed E-state index contributed by atoms with van der Waals surface area (Å²) in [4.78, 5) is 28.0. The molecule has 7 heteroatoms. The molecule has 0 bridgehead atoms. The second-order valence-electron chi connectivity index (χ2n) is 8.94. The fraction of sp³-hybridized carbons (Fsp3) is 0.407. The number of hydrogen-bond donors (Lipinski definition) is 1. The lowest BCUT2D eigenvalue weighted by Gasteiger charge is -2.28. The van der Waals surface area contributed by atoms with E-state index in [1.54, 1.807) is 32.4 Å². The van der Waals surface area contributed by atoms with Gasteiger partial charge in [0.15, 0.2) is 0 Å². The summed E-state index contributed by atoms with van der Waals surface area (Å²) in [6, 6.07) is 11.7. The van der Waals surface area contributed by atoms with Crippen LogP contribution in [0.5, 0.6) is 11.5 Å². The van der Waals surface area contributed by atoms with Crippen LogP contribution < -0.4 is 9.47 Å². The summed E-state index contributed by atoms with van der Waals surface area (Å²) in [5, 5.41) is 11.4. The average molecular weight is 466 g/mol. The van der Waals surface area contributed by atoms with Crippen molar-refractivity contribution in [2.45, 2.75) is 44.8 Å². The van der Waals surface area contributed by atoms with Crippen LogP contribution in [0.4, 0.5) is 0 Å². The third kappa shape index (κ3) is 4.28. The number of nitrogens with zero attached hydrogens (tertiary/aromatic N) is 1. The molecule has 0 aliphatic carbocycles. The fourth-order valence-corrected chi connectivity index (χ4v) is 4.78. The molecule has 2 fully saturated rings. The molecule has 2 aliphatic heterocycles. The molecule has 7 nitrogen and oxygen atoms in total. The molecule has 0 aromatic heterocycles. The first-order chi connectivity index (χ1) is 16.4. The van der Waals surface area contributed by atoms with E-state index in [0.717, 1.165) is 18.4 Å². The Morgan fingerprint density at radius 3 is 2.50 bits per heavy atom. The number of benzene rings is 2. The van der Waals surface area contributed by atoms with Crippen molar-refractivity contribution in [2.75, 3.05) is 27.4 Å². The van der Waals surface area contributed by atoms with E-state index < -0.39 is 17.7 Å². The fourth-order valence-electron chi connectivity index (χ4n) is 4.78. The smallest absolute Gasteiger partial charge is 0.295 e. The van der Waals surface area contributed by atoms with Gasteiger partial charge in [0.1, 0.15) is 17.3 Å². The van der Waals surface area contributed by atoms with Gasteiger partial charge in [-0.15, -0.1) is 0 Å². The topological polar surface area (TPSA) is 85.3 Å². The van der Waals surface area contributed by atoms with E-state index in [-0.39, 0.29) is 29.9 Å². The first-order valence-corrected chi connectivity index (χ1v) is 11.6. The summed E-state index contributed by atoms with van der Waals surface area (Å²) in [5.74, 6) is -0.205. The first kappa shape index (κ1) is 23.8. The highest BCUT2D eigenvalue weighted by Crippen LogP contribution is 2.43. The Bertz CT molecular complexity index is 1120. The van der Waals surface area contributed by atoms with Gasteiger partial charge >= 0.3 is 0 Å². The molecule has 34 heavy (non-hydrogen) atoms. The monoisotopic (exact) mass is 465 g/mol. The van der Waals surface area contributed by atoms with Gasteiger partial charge in [0.25, 0.3) is 11.7 Å². The molecular formula is C27H31NO6. The highest BCUT2D eigenvalue weighted by Gasteiger charge is 2.48. The summed E-state index contributed by atoms with van der Waals surface area (Å²) in [5.41, 5.74) is 2.04. The molecule has 1 amide bonds. The Kier molecular flexibility index (Phi) is 6.93. The molecule has 0 spiro atoms. The van der Waals surface area contributed by atoms with Crippen LogP contribution in [-0.2, 0) is 14.3 Å². The lowest BCUT2D eigenvalue weighted by molar-refractivity contribution is -0.140. The Morgan fingerprint density at radius 2 is 1.85 bits per heavy atom. The highest BCUT2D eigenvalue weighted by atomic mass is 16.5. The molecule has 0 saturated carbocycles. The maximum absolute atomic E-state index is 13.3. The summed E-state index contributed by atoms with van der Waals surface area (Å²) in [6.45, 7) is 4.95. The molecule has 2 aliphatic rings. The van der Waals surface area contributed by atoms with E-state index in [4.69, 9.17) is 14.2 Å². The lowest BCUT2D eigenvalue weighted by Crippen LogP contribution is -2.36. The molecular weight excluding hydrogens is 434 g/mol. The SMILES string of the molecule is COc1ccc(/C(O)=C2\C(=O)C(=O)N(CC3CCCO3)C2c2ccccc2OC)cc1C(C)C. The Morgan fingerprint density at radius 1 is 1.12 bits per heavy atom. The molecule has 2 aromatic rings. The molecule has 180 valence electrons. The van der Waals surface area contributed by atoms with E-state index in [0.29, 0.717) is 29.2 Å². The van der Waals surface area contributed by atoms with Crippen molar-refractivity contribution < 1.29 is 28.9 Å². The Hall–Kier alpha value is -3.32. The summed E-state index contributed by atoms with van der Waals surface area (Å²) in [7, 11) is 3.14. The molecule has 2 aromatic carbocycles. The summed E-state index contributed by atoms with van der Waals surface area (Å²) < 4.78 is 16.8. The van der Waals surface area contributed by atoms with Crippen LogP contribution in [0.3, 0.4) is 0 Å². The predicted octanol–water partition coefficient (Wildman–Crippen LogP) is 4.43. The van der Waals surface area contributed by atoms with Crippen molar-refractivity contribution in [1.82, 2.24) is 4.90 Å². The van der Waals surface area contributed by atoms with E-state index >= 15 is 0 Å². The van der Waals surface area contributed by atoms with Gasteiger partial charge in [-0.2, -0.15) is 0 Å². The first-order valence-electron chi connectivity index (χ1n) is 11.6. The quantitative estimate of drug-likeness (QED) is 0.370. The maximum atomic E-state index is 13.3.